The van der Waals surface area contributed by atoms with E-state index < -0.39 is 33.0 Å². The topological polar surface area (TPSA) is 101 Å². The van der Waals surface area contributed by atoms with Crippen LogP contribution in [0.25, 0.3) is 0 Å². The average Bonchev–Trinajstić information content (AvgIpc) is 2.47. The number of carboxylic acid groups (broad SMARTS) is 1. The van der Waals surface area contributed by atoms with Crippen LogP contribution in [0.4, 0.5) is 0 Å². The number of rotatable bonds is 8. The number of amides is 1. The highest BCUT2D eigenvalue weighted by Crippen LogP contribution is 2.30. The maximum atomic E-state index is 12.3. The molecule has 23 heavy (non-hydrogen) atoms. The molecule has 0 aliphatic heterocycles. The summed E-state index contributed by atoms with van der Waals surface area (Å²) in [6.07, 6.45) is 0.507. The lowest BCUT2D eigenvalue weighted by molar-refractivity contribution is -0.141. The molecular weight excluding hydrogens is 338 g/mol. The fraction of sp³-hybridized carbons (Fsp3) is 0.467. The van der Waals surface area contributed by atoms with Crippen LogP contribution in [0.3, 0.4) is 0 Å². The molecule has 8 heteroatoms. The molecule has 1 unspecified atom stereocenters. The lowest BCUT2D eigenvalue weighted by Crippen LogP contribution is -2.42. The van der Waals surface area contributed by atoms with Gasteiger partial charge in [-0.1, -0.05) is 19.1 Å². The Balaban J connectivity index is 2.93. The Morgan fingerprint density at radius 2 is 1.87 bits per heavy atom. The summed E-state index contributed by atoms with van der Waals surface area (Å²) in [6, 6.07) is 5.53. The highest BCUT2D eigenvalue weighted by Gasteiger charge is 2.23. The van der Waals surface area contributed by atoms with E-state index >= 15 is 0 Å². The third kappa shape index (κ3) is 5.54. The molecule has 0 aliphatic rings. The van der Waals surface area contributed by atoms with E-state index in [2.05, 4.69) is 5.32 Å². The van der Waals surface area contributed by atoms with Crippen molar-refractivity contribution < 1.29 is 23.1 Å². The lowest BCUT2D eigenvalue weighted by atomic mass is 10.3. The number of aliphatic carboxylic acids is 1. The van der Waals surface area contributed by atoms with Gasteiger partial charge in [-0.05, 0) is 32.4 Å². The standard InChI is InChI=1S/C15H21NO5S2/c1-4-9-23(20,21)13-8-6-5-7-12(13)22-11(3)14(17)16-10(2)15(18)19/h5-8,10-11H,4,9H2,1-3H3,(H,16,17)(H,18,19)/t10-,11?/m0/s1. The van der Waals surface area contributed by atoms with Crippen LogP contribution < -0.4 is 5.32 Å². The van der Waals surface area contributed by atoms with Crippen molar-refractivity contribution in [1.82, 2.24) is 5.32 Å². The summed E-state index contributed by atoms with van der Waals surface area (Å²) in [7, 11) is -3.40. The minimum absolute atomic E-state index is 0.0429. The van der Waals surface area contributed by atoms with E-state index in [1.165, 1.54) is 13.0 Å². The Morgan fingerprint density at radius 3 is 2.43 bits per heavy atom. The van der Waals surface area contributed by atoms with Gasteiger partial charge in [0, 0.05) is 4.90 Å². The average molecular weight is 359 g/mol. The van der Waals surface area contributed by atoms with Gasteiger partial charge in [-0.15, -0.1) is 11.8 Å². The third-order valence-electron chi connectivity index (χ3n) is 3.06. The summed E-state index contributed by atoms with van der Waals surface area (Å²) < 4.78 is 24.6. The molecule has 128 valence electrons. The molecule has 0 aromatic heterocycles. The largest absolute Gasteiger partial charge is 0.480 e. The number of carbonyl (C=O) groups excluding carboxylic acids is 1. The van der Waals surface area contributed by atoms with Gasteiger partial charge in [-0.2, -0.15) is 0 Å². The molecule has 0 heterocycles. The molecule has 0 radical (unpaired) electrons. The number of carbonyl (C=O) groups is 2. The fourth-order valence-electron chi connectivity index (χ4n) is 1.82. The first kappa shape index (κ1) is 19.5. The summed E-state index contributed by atoms with van der Waals surface area (Å²) in [5, 5.41) is 10.6. The van der Waals surface area contributed by atoms with Gasteiger partial charge in [0.05, 0.1) is 15.9 Å². The van der Waals surface area contributed by atoms with E-state index in [4.69, 9.17) is 5.11 Å². The molecule has 2 atom stereocenters. The Labute approximate surface area is 140 Å². The van der Waals surface area contributed by atoms with E-state index in [1.807, 2.05) is 0 Å². The van der Waals surface area contributed by atoms with E-state index in [-0.39, 0.29) is 10.6 Å². The molecule has 1 amide bonds. The molecule has 6 nitrogen and oxygen atoms in total. The van der Waals surface area contributed by atoms with Crippen LogP contribution in [-0.2, 0) is 19.4 Å². The molecule has 1 rings (SSSR count). The summed E-state index contributed by atoms with van der Waals surface area (Å²) in [6.45, 7) is 4.77. The summed E-state index contributed by atoms with van der Waals surface area (Å²) in [5.74, 6) is -1.53. The summed E-state index contributed by atoms with van der Waals surface area (Å²) >= 11 is 1.10. The molecule has 0 bridgehead atoms. The molecule has 0 spiro atoms. The number of carboxylic acids is 1. The van der Waals surface area contributed by atoms with Crippen molar-refractivity contribution in [3.8, 4) is 0 Å². The Kier molecular flexibility index (Phi) is 7.08. The minimum atomic E-state index is -3.40. The first-order chi connectivity index (χ1) is 10.7. The first-order valence-corrected chi connectivity index (χ1v) is 9.73. The quantitative estimate of drug-likeness (QED) is 0.688. The van der Waals surface area contributed by atoms with Crippen molar-refractivity contribution >= 4 is 33.5 Å². The molecule has 1 aromatic carbocycles. The van der Waals surface area contributed by atoms with E-state index in [9.17, 15) is 18.0 Å². The maximum absolute atomic E-state index is 12.3. The number of hydrogen-bond acceptors (Lipinski definition) is 5. The fourth-order valence-corrected chi connectivity index (χ4v) is 4.66. The van der Waals surface area contributed by atoms with Crippen molar-refractivity contribution in [2.24, 2.45) is 0 Å². The Morgan fingerprint density at radius 1 is 1.26 bits per heavy atom. The van der Waals surface area contributed by atoms with Gasteiger partial charge in [-0.25, -0.2) is 8.42 Å². The molecule has 0 saturated carbocycles. The second-order valence-electron chi connectivity index (χ2n) is 5.09. The third-order valence-corrected chi connectivity index (χ3v) is 6.34. The molecule has 2 N–H and O–H groups in total. The van der Waals surface area contributed by atoms with Gasteiger partial charge in [0.2, 0.25) is 5.91 Å². The van der Waals surface area contributed by atoms with Gasteiger partial charge in [-0.3, -0.25) is 9.59 Å². The van der Waals surface area contributed by atoms with E-state index in [1.54, 1.807) is 32.0 Å². The normalized spacial score (nSPS) is 14.0. The molecule has 0 aliphatic carbocycles. The summed E-state index contributed by atoms with van der Waals surface area (Å²) in [5.41, 5.74) is 0. The Hall–Kier alpha value is -1.54. The molecular formula is C15H21NO5S2. The summed E-state index contributed by atoms with van der Waals surface area (Å²) in [4.78, 5) is 23.5. The molecule has 1 aromatic rings. The zero-order valence-corrected chi connectivity index (χ0v) is 14.9. The number of benzene rings is 1. The van der Waals surface area contributed by atoms with Gasteiger partial charge in [0.15, 0.2) is 9.84 Å². The zero-order valence-electron chi connectivity index (χ0n) is 13.3. The van der Waals surface area contributed by atoms with Crippen LogP contribution in [0.15, 0.2) is 34.1 Å². The number of nitrogens with one attached hydrogen (secondary N) is 1. The van der Waals surface area contributed by atoms with Crippen LogP contribution in [0.1, 0.15) is 27.2 Å². The van der Waals surface area contributed by atoms with Crippen LogP contribution in [0.5, 0.6) is 0 Å². The Bertz CT molecular complexity index is 672. The van der Waals surface area contributed by atoms with Gasteiger partial charge >= 0.3 is 5.97 Å². The smallest absolute Gasteiger partial charge is 0.325 e. The predicted molar refractivity (Wildman–Crippen MR) is 89.3 cm³/mol. The van der Waals surface area contributed by atoms with Gasteiger partial charge in [0.25, 0.3) is 0 Å². The first-order valence-electron chi connectivity index (χ1n) is 7.20. The van der Waals surface area contributed by atoms with Gasteiger partial charge in [0.1, 0.15) is 6.04 Å². The SMILES string of the molecule is CCCS(=O)(=O)c1ccccc1SC(C)C(=O)N[C@@H](C)C(=O)O. The van der Waals surface area contributed by atoms with E-state index in [0.717, 1.165) is 11.8 Å². The predicted octanol–water partition coefficient (Wildman–Crippen LogP) is 1.94. The van der Waals surface area contributed by atoms with E-state index in [0.29, 0.717) is 11.3 Å². The van der Waals surface area contributed by atoms with Crippen molar-refractivity contribution in [3.05, 3.63) is 24.3 Å². The molecule has 0 fully saturated rings. The minimum Gasteiger partial charge on any atom is -0.480 e. The van der Waals surface area contributed by atoms with Crippen molar-refractivity contribution in [2.45, 2.75) is 48.3 Å². The zero-order chi connectivity index (χ0) is 17.6. The van der Waals surface area contributed by atoms with Crippen LogP contribution in [0, 0.1) is 0 Å². The van der Waals surface area contributed by atoms with Crippen LogP contribution in [-0.4, -0.2) is 42.4 Å². The van der Waals surface area contributed by atoms with Crippen molar-refractivity contribution in [2.75, 3.05) is 5.75 Å². The molecule has 0 saturated heterocycles. The highest BCUT2D eigenvalue weighted by atomic mass is 32.2. The number of sulfone groups is 1. The van der Waals surface area contributed by atoms with Crippen molar-refractivity contribution in [1.29, 1.82) is 0 Å². The van der Waals surface area contributed by atoms with Crippen molar-refractivity contribution in [3.63, 3.8) is 0 Å². The lowest BCUT2D eigenvalue weighted by Gasteiger charge is -2.16. The monoisotopic (exact) mass is 359 g/mol. The second kappa shape index (κ2) is 8.35. The van der Waals surface area contributed by atoms with Crippen LogP contribution in [0.2, 0.25) is 0 Å². The maximum Gasteiger partial charge on any atom is 0.325 e. The number of thioether (sulfide) groups is 1. The van der Waals surface area contributed by atoms with Crippen LogP contribution >= 0.6 is 11.8 Å². The second-order valence-corrected chi connectivity index (χ2v) is 8.55. The highest BCUT2D eigenvalue weighted by molar-refractivity contribution is 8.01. The van der Waals surface area contributed by atoms with Gasteiger partial charge < -0.3 is 10.4 Å². The number of hydrogen-bond donors (Lipinski definition) is 2.